The Balaban J connectivity index is 2.14. The highest BCUT2D eigenvalue weighted by atomic mass is 16.4. The SMILES string of the molecule is Cc1cc(C)c(N=Cc2c(O)c3ccccc3oc2=O)c(C)c1. The minimum atomic E-state index is -0.604. The quantitative estimate of drug-likeness (QED) is 0.571. The van der Waals surface area contributed by atoms with Crippen LogP contribution >= 0.6 is 0 Å². The summed E-state index contributed by atoms with van der Waals surface area (Å²) in [5.74, 6) is -0.108. The maximum Gasteiger partial charge on any atom is 0.348 e. The molecular weight excluding hydrogens is 290 g/mol. The molecule has 0 radical (unpaired) electrons. The molecule has 116 valence electrons. The van der Waals surface area contributed by atoms with Gasteiger partial charge in [-0.2, -0.15) is 0 Å². The van der Waals surface area contributed by atoms with Crippen LogP contribution in [-0.2, 0) is 0 Å². The van der Waals surface area contributed by atoms with Gasteiger partial charge in [-0.15, -0.1) is 0 Å². The van der Waals surface area contributed by atoms with E-state index in [4.69, 9.17) is 4.42 Å². The zero-order chi connectivity index (χ0) is 16.6. The molecule has 0 spiro atoms. The first-order valence-electron chi connectivity index (χ1n) is 7.34. The molecule has 0 amide bonds. The Morgan fingerprint density at radius 3 is 2.43 bits per heavy atom. The van der Waals surface area contributed by atoms with Gasteiger partial charge >= 0.3 is 5.63 Å². The van der Waals surface area contributed by atoms with Gasteiger partial charge in [-0.3, -0.25) is 4.99 Å². The van der Waals surface area contributed by atoms with Crippen molar-refractivity contribution < 1.29 is 9.52 Å². The summed E-state index contributed by atoms with van der Waals surface area (Å²) in [6.45, 7) is 5.96. The maximum absolute atomic E-state index is 12.1. The van der Waals surface area contributed by atoms with Crippen LogP contribution < -0.4 is 5.63 Å². The molecule has 0 saturated heterocycles. The second-order valence-electron chi connectivity index (χ2n) is 5.65. The number of rotatable bonds is 2. The van der Waals surface area contributed by atoms with Gasteiger partial charge in [-0.25, -0.2) is 4.79 Å². The average Bonchev–Trinajstić information content (AvgIpc) is 2.49. The summed E-state index contributed by atoms with van der Waals surface area (Å²) in [5, 5.41) is 10.8. The molecule has 0 aliphatic heterocycles. The third-order valence-electron chi connectivity index (χ3n) is 3.78. The molecule has 23 heavy (non-hydrogen) atoms. The summed E-state index contributed by atoms with van der Waals surface area (Å²) in [7, 11) is 0. The van der Waals surface area contributed by atoms with Crippen LogP contribution in [0.5, 0.6) is 5.75 Å². The Morgan fingerprint density at radius 1 is 1.09 bits per heavy atom. The lowest BCUT2D eigenvalue weighted by Crippen LogP contribution is -2.07. The predicted octanol–water partition coefficient (Wildman–Crippen LogP) is 4.17. The topological polar surface area (TPSA) is 62.8 Å². The third-order valence-corrected chi connectivity index (χ3v) is 3.78. The molecule has 0 aliphatic carbocycles. The third kappa shape index (κ3) is 2.75. The molecule has 1 heterocycles. The molecule has 4 heteroatoms. The summed E-state index contributed by atoms with van der Waals surface area (Å²) in [4.78, 5) is 16.5. The number of aryl methyl sites for hydroxylation is 3. The van der Waals surface area contributed by atoms with Gasteiger partial charge in [0.15, 0.2) is 0 Å². The van der Waals surface area contributed by atoms with Gasteiger partial charge in [-0.1, -0.05) is 29.8 Å². The van der Waals surface area contributed by atoms with Crippen LogP contribution in [0.15, 0.2) is 50.6 Å². The van der Waals surface area contributed by atoms with Gasteiger partial charge < -0.3 is 9.52 Å². The van der Waals surface area contributed by atoms with Crippen molar-refractivity contribution in [3.05, 3.63) is 69.1 Å². The van der Waals surface area contributed by atoms with Crippen molar-refractivity contribution in [2.45, 2.75) is 20.8 Å². The van der Waals surface area contributed by atoms with Gasteiger partial charge in [0.2, 0.25) is 0 Å². The van der Waals surface area contributed by atoms with Crippen LogP contribution in [0.4, 0.5) is 5.69 Å². The Kier molecular flexibility index (Phi) is 3.74. The molecule has 3 aromatic rings. The van der Waals surface area contributed by atoms with E-state index in [1.165, 1.54) is 6.21 Å². The van der Waals surface area contributed by atoms with E-state index in [-0.39, 0.29) is 11.3 Å². The smallest absolute Gasteiger partial charge is 0.348 e. The van der Waals surface area contributed by atoms with Crippen molar-refractivity contribution in [3.8, 4) is 5.75 Å². The summed E-state index contributed by atoms with van der Waals surface area (Å²) < 4.78 is 5.23. The normalized spacial score (nSPS) is 11.4. The van der Waals surface area contributed by atoms with Crippen molar-refractivity contribution in [2.24, 2.45) is 4.99 Å². The van der Waals surface area contributed by atoms with E-state index in [9.17, 15) is 9.90 Å². The molecule has 0 fully saturated rings. The lowest BCUT2D eigenvalue weighted by atomic mass is 10.1. The molecule has 0 unspecified atom stereocenters. The second kappa shape index (κ2) is 5.72. The van der Waals surface area contributed by atoms with Crippen molar-refractivity contribution in [2.75, 3.05) is 0 Å². The number of fused-ring (bicyclic) bond motifs is 1. The molecule has 4 nitrogen and oxygen atoms in total. The first-order valence-corrected chi connectivity index (χ1v) is 7.34. The van der Waals surface area contributed by atoms with Crippen LogP contribution in [0.1, 0.15) is 22.3 Å². The molecule has 0 bridgehead atoms. The maximum atomic E-state index is 12.1. The van der Waals surface area contributed by atoms with Crippen molar-refractivity contribution in [1.29, 1.82) is 0 Å². The minimum absolute atomic E-state index is 0.0584. The summed E-state index contributed by atoms with van der Waals surface area (Å²) >= 11 is 0. The van der Waals surface area contributed by atoms with Gasteiger partial charge in [0.05, 0.1) is 11.1 Å². The predicted molar refractivity (Wildman–Crippen MR) is 92.1 cm³/mol. The summed E-state index contributed by atoms with van der Waals surface area (Å²) in [5.41, 5.74) is 3.80. The van der Waals surface area contributed by atoms with Gasteiger partial charge in [0.1, 0.15) is 16.9 Å². The number of benzene rings is 2. The number of nitrogens with zero attached hydrogens (tertiary/aromatic N) is 1. The Hall–Kier alpha value is -2.88. The Labute approximate surface area is 133 Å². The number of hydrogen-bond donors (Lipinski definition) is 1. The molecule has 3 rings (SSSR count). The number of para-hydroxylation sites is 1. The van der Waals surface area contributed by atoms with Crippen molar-refractivity contribution >= 4 is 22.9 Å². The minimum Gasteiger partial charge on any atom is -0.506 e. The molecule has 0 atom stereocenters. The van der Waals surface area contributed by atoms with Crippen LogP contribution in [0.2, 0.25) is 0 Å². The van der Waals surface area contributed by atoms with E-state index in [1.54, 1.807) is 24.3 Å². The van der Waals surface area contributed by atoms with Crippen LogP contribution in [0.25, 0.3) is 11.0 Å². The first-order chi connectivity index (χ1) is 11.0. The molecular formula is C19H17NO3. The zero-order valence-electron chi connectivity index (χ0n) is 13.3. The Bertz CT molecular complexity index is 961. The van der Waals surface area contributed by atoms with E-state index >= 15 is 0 Å². The van der Waals surface area contributed by atoms with Gasteiger partial charge in [0, 0.05) is 6.21 Å². The number of aromatic hydroxyl groups is 1. The van der Waals surface area contributed by atoms with E-state index in [0.717, 1.165) is 22.4 Å². The highest BCUT2D eigenvalue weighted by molar-refractivity contribution is 5.94. The highest BCUT2D eigenvalue weighted by Gasteiger charge is 2.12. The first kappa shape index (κ1) is 15.0. The fourth-order valence-corrected chi connectivity index (χ4v) is 2.77. The molecule has 2 aromatic carbocycles. The molecule has 0 aliphatic rings. The summed E-state index contributed by atoms with van der Waals surface area (Å²) in [6.07, 6.45) is 1.37. The lowest BCUT2D eigenvalue weighted by molar-refractivity contribution is 0.466. The fraction of sp³-hybridized carbons (Fsp3) is 0.158. The van der Waals surface area contributed by atoms with Crippen molar-refractivity contribution in [1.82, 2.24) is 0 Å². The highest BCUT2D eigenvalue weighted by Crippen LogP contribution is 2.27. The second-order valence-corrected chi connectivity index (χ2v) is 5.65. The van der Waals surface area contributed by atoms with E-state index in [2.05, 4.69) is 4.99 Å². The Morgan fingerprint density at radius 2 is 1.74 bits per heavy atom. The van der Waals surface area contributed by atoms with Crippen molar-refractivity contribution in [3.63, 3.8) is 0 Å². The lowest BCUT2D eigenvalue weighted by Gasteiger charge is -2.07. The van der Waals surface area contributed by atoms with Gasteiger partial charge in [-0.05, 0) is 44.0 Å². The average molecular weight is 307 g/mol. The van der Waals surface area contributed by atoms with E-state index < -0.39 is 5.63 Å². The number of aliphatic imine (C=N–C) groups is 1. The standard InChI is InChI=1S/C19H17NO3/c1-11-8-12(2)17(13(3)9-11)20-10-15-18(21)14-6-4-5-7-16(14)23-19(15)22/h4-10,21H,1-3H3. The zero-order valence-corrected chi connectivity index (χ0v) is 13.3. The van der Waals surface area contributed by atoms with Crippen LogP contribution in [-0.4, -0.2) is 11.3 Å². The summed E-state index contributed by atoms with van der Waals surface area (Å²) in [6, 6.07) is 10.9. The largest absolute Gasteiger partial charge is 0.506 e. The fourth-order valence-electron chi connectivity index (χ4n) is 2.77. The molecule has 1 N–H and O–H groups in total. The van der Waals surface area contributed by atoms with Gasteiger partial charge in [0.25, 0.3) is 0 Å². The number of hydrogen-bond acceptors (Lipinski definition) is 4. The monoisotopic (exact) mass is 307 g/mol. The van der Waals surface area contributed by atoms with E-state index in [1.807, 2.05) is 32.9 Å². The van der Waals surface area contributed by atoms with E-state index in [0.29, 0.717) is 11.0 Å². The molecule has 0 saturated carbocycles. The van der Waals surface area contributed by atoms with Crippen LogP contribution in [0, 0.1) is 20.8 Å². The molecule has 1 aromatic heterocycles. The van der Waals surface area contributed by atoms with Crippen LogP contribution in [0.3, 0.4) is 0 Å².